The van der Waals surface area contributed by atoms with Crippen molar-refractivity contribution < 1.29 is 0 Å². The first-order chi connectivity index (χ1) is 6.88. The lowest BCUT2D eigenvalue weighted by Gasteiger charge is -2.14. The van der Waals surface area contributed by atoms with Gasteiger partial charge in [0.15, 0.2) is 5.69 Å². The van der Waals surface area contributed by atoms with Crippen molar-refractivity contribution in [2.75, 3.05) is 0 Å². The van der Waals surface area contributed by atoms with Crippen LogP contribution in [0.2, 0.25) is 0 Å². The molecule has 0 saturated heterocycles. The van der Waals surface area contributed by atoms with Crippen LogP contribution in [-0.2, 0) is 0 Å². The number of allylic oxidation sites excluding steroid dienone is 2. The van der Waals surface area contributed by atoms with Gasteiger partial charge in [-0.1, -0.05) is 12.2 Å². The molecule has 3 rings (SSSR count). The quantitative estimate of drug-likeness (QED) is 0.673. The summed E-state index contributed by atoms with van der Waals surface area (Å²) in [6.45, 7) is 0. The first kappa shape index (κ1) is 7.74. The Morgan fingerprint density at radius 1 is 1.36 bits per heavy atom. The topological polar surface area (TPSA) is 65.4 Å². The molecule has 1 unspecified atom stereocenters. The average molecular weight is 186 g/mol. The monoisotopic (exact) mass is 186 g/mol. The van der Waals surface area contributed by atoms with Crippen LogP contribution in [0.3, 0.4) is 0 Å². The Balaban J connectivity index is 1.98. The molecule has 2 aliphatic carbocycles. The van der Waals surface area contributed by atoms with Crippen LogP contribution in [0.5, 0.6) is 0 Å². The molecule has 0 radical (unpaired) electrons. The summed E-state index contributed by atoms with van der Waals surface area (Å²) in [6.07, 6.45) is 6.90. The fraction of sp³-hybridized carbons (Fsp3) is 0.500. The Bertz CT molecular complexity index is 426. The van der Waals surface area contributed by atoms with E-state index in [4.69, 9.17) is 5.26 Å². The van der Waals surface area contributed by atoms with Gasteiger partial charge in [-0.05, 0) is 24.7 Å². The van der Waals surface area contributed by atoms with Crippen molar-refractivity contribution in [2.45, 2.75) is 18.8 Å². The van der Waals surface area contributed by atoms with E-state index in [0.29, 0.717) is 23.4 Å². The van der Waals surface area contributed by atoms with Gasteiger partial charge in [-0.3, -0.25) is 0 Å². The minimum atomic E-state index is 0.415. The van der Waals surface area contributed by atoms with E-state index in [0.717, 1.165) is 12.1 Å². The highest BCUT2D eigenvalue weighted by atomic mass is 15.3. The summed E-state index contributed by atoms with van der Waals surface area (Å²) < 4.78 is 0. The van der Waals surface area contributed by atoms with Crippen LogP contribution in [0, 0.1) is 23.2 Å². The largest absolute Gasteiger partial charge is 0.196 e. The lowest BCUT2D eigenvalue weighted by atomic mass is 9.90. The Hall–Kier alpha value is -1.63. The second-order valence-electron chi connectivity index (χ2n) is 4.06. The lowest BCUT2D eigenvalue weighted by molar-refractivity contribution is 0.567. The molecule has 2 aliphatic rings. The summed E-state index contributed by atoms with van der Waals surface area (Å²) in [4.78, 5) is 0. The second kappa shape index (κ2) is 2.68. The van der Waals surface area contributed by atoms with Crippen molar-refractivity contribution in [3.63, 3.8) is 0 Å². The molecule has 1 aromatic heterocycles. The molecule has 1 saturated carbocycles. The van der Waals surface area contributed by atoms with Crippen LogP contribution in [0.25, 0.3) is 0 Å². The van der Waals surface area contributed by atoms with Crippen molar-refractivity contribution in [1.82, 2.24) is 15.4 Å². The number of nitrogens with zero attached hydrogens (tertiary/aromatic N) is 3. The summed E-state index contributed by atoms with van der Waals surface area (Å²) >= 11 is 0. The van der Waals surface area contributed by atoms with Crippen LogP contribution in [0.15, 0.2) is 12.2 Å². The molecule has 14 heavy (non-hydrogen) atoms. The maximum absolute atomic E-state index is 8.85. The summed E-state index contributed by atoms with van der Waals surface area (Å²) in [5, 5.41) is 19.3. The van der Waals surface area contributed by atoms with Gasteiger partial charge < -0.3 is 0 Å². The van der Waals surface area contributed by atoms with E-state index in [-0.39, 0.29) is 0 Å². The van der Waals surface area contributed by atoms with Crippen LogP contribution in [-0.4, -0.2) is 15.4 Å². The Kier molecular flexibility index (Phi) is 1.48. The molecule has 0 aromatic carbocycles. The zero-order valence-electron chi connectivity index (χ0n) is 7.64. The standard InChI is InChI=1S/C10H10N4/c11-5-9-10(13-14-12-9)8-4-6-1-2-7(8)3-6/h1-2,6-8H,3-4H2,(H,12,13,14)/t6-,7+,8?/m0/s1. The van der Waals surface area contributed by atoms with E-state index < -0.39 is 0 Å². The van der Waals surface area contributed by atoms with Crippen molar-refractivity contribution in [1.29, 1.82) is 5.26 Å². The highest BCUT2D eigenvalue weighted by Gasteiger charge is 2.39. The van der Waals surface area contributed by atoms with Crippen molar-refractivity contribution in [3.8, 4) is 6.07 Å². The minimum absolute atomic E-state index is 0.415. The number of aromatic amines is 1. The van der Waals surface area contributed by atoms with E-state index in [2.05, 4.69) is 33.6 Å². The van der Waals surface area contributed by atoms with Gasteiger partial charge in [0.25, 0.3) is 0 Å². The molecule has 3 atom stereocenters. The van der Waals surface area contributed by atoms with E-state index in [1.54, 1.807) is 0 Å². The lowest BCUT2D eigenvalue weighted by Crippen LogP contribution is -2.07. The highest BCUT2D eigenvalue weighted by Crippen LogP contribution is 2.48. The van der Waals surface area contributed by atoms with Crippen molar-refractivity contribution in [3.05, 3.63) is 23.5 Å². The fourth-order valence-electron chi connectivity index (χ4n) is 2.68. The maximum atomic E-state index is 8.85. The first-order valence-corrected chi connectivity index (χ1v) is 4.87. The van der Waals surface area contributed by atoms with Crippen LogP contribution < -0.4 is 0 Å². The van der Waals surface area contributed by atoms with Gasteiger partial charge in [0, 0.05) is 5.92 Å². The van der Waals surface area contributed by atoms with E-state index in [1.807, 2.05) is 0 Å². The van der Waals surface area contributed by atoms with Gasteiger partial charge in [0.2, 0.25) is 0 Å². The number of H-pyrrole nitrogens is 1. The number of fused-ring (bicyclic) bond motifs is 2. The highest BCUT2D eigenvalue weighted by molar-refractivity contribution is 5.31. The van der Waals surface area contributed by atoms with Gasteiger partial charge in [-0.15, -0.1) is 5.10 Å². The zero-order chi connectivity index (χ0) is 9.54. The molecular formula is C10H10N4. The number of hydrogen-bond acceptors (Lipinski definition) is 3. The van der Waals surface area contributed by atoms with Crippen LogP contribution in [0.4, 0.5) is 0 Å². The summed E-state index contributed by atoms with van der Waals surface area (Å²) in [6, 6.07) is 2.08. The summed E-state index contributed by atoms with van der Waals surface area (Å²) in [5.41, 5.74) is 1.33. The van der Waals surface area contributed by atoms with E-state index in [1.165, 1.54) is 6.42 Å². The predicted octanol–water partition coefficient (Wildman–Crippen LogP) is 1.36. The van der Waals surface area contributed by atoms with Crippen LogP contribution in [0.1, 0.15) is 30.1 Å². The Labute approximate surface area is 81.6 Å². The summed E-state index contributed by atoms with van der Waals surface area (Å²) in [7, 11) is 0. The Morgan fingerprint density at radius 2 is 2.29 bits per heavy atom. The first-order valence-electron chi connectivity index (χ1n) is 4.87. The molecule has 0 amide bonds. The van der Waals surface area contributed by atoms with Crippen molar-refractivity contribution >= 4 is 0 Å². The van der Waals surface area contributed by atoms with E-state index in [9.17, 15) is 0 Å². The number of hydrogen-bond donors (Lipinski definition) is 1. The summed E-state index contributed by atoms with van der Waals surface area (Å²) in [5.74, 6) is 1.70. The number of nitrogens with one attached hydrogen (secondary N) is 1. The maximum Gasteiger partial charge on any atom is 0.185 e. The fourth-order valence-corrected chi connectivity index (χ4v) is 2.68. The normalized spacial score (nSPS) is 33.5. The predicted molar refractivity (Wildman–Crippen MR) is 49.2 cm³/mol. The number of rotatable bonds is 1. The third-order valence-corrected chi connectivity index (χ3v) is 3.31. The average Bonchev–Trinajstić information content (AvgIpc) is 2.92. The molecule has 4 heteroatoms. The zero-order valence-corrected chi connectivity index (χ0v) is 7.64. The third-order valence-electron chi connectivity index (χ3n) is 3.31. The number of aromatic nitrogens is 3. The number of nitriles is 1. The molecule has 1 aromatic rings. The SMILES string of the molecule is N#Cc1n[nH]nc1C1C[C@H]2C=C[C@@H]1C2. The smallest absolute Gasteiger partial charge is 0.185 e. The molecule has 1 fully saturated rings. The molecule has 70 valence electrons. The van der Waals surface area contributed by atoms with Gasteiger partial charge in [-0.25, -0.2) is 0 Å². The van der Waals surface area contributed by atoms with Gasteiger partial charge in [0.05, 0.1) is 0 Å². The molecule has 1 N–H and O–H groups in total. The van der Waals surface area contributed by atoms with Gasteiger partial charge in [0.1, 0.15) is 11.8 Å². The van der Waals surface area contributed by atoms with Crippen LogP contribution >= 0.6 is 0 Å². The molecule has 4 nitrogen and oxygen atoms in total. The second-order valence-corrected chi connectivity index (χ2v) is 4.06. The third kappa shape index (κ3) is 0.925. The molecule has 0 aliphatic heterocycles. The Morgan fingerprint density at radius 3 is 2.93 bits per heavy atom. The van der Waals surface area contributed by atoms with E-state index >= 15 is 0 Å². The molecule has 2 bridgehead atoms. The molecule has 0 spiro atoms. The molecule has 1 heterocycles. The minimum Gasteiger partial charge on any atom is -0.196 e. The van der Waals surface area contributed by atoms with Crippen molar-refractivity contribution in [2.24, 2.45) is 11.8 Å². The van der Waals surface area contributed by atoms with Gasteiger partial charge in [-0.2, -0.15) is 15.6 Å². The van der Waals surface area contributed by atoms with Gasteiger partial charge >= 0.3 is 0 Å². The molecular weight excluding hydrogens is 176 g/mol.